The van der Waals surface area contributed by atoms with Crippen LogP contribution in [0.2, 0.25) is 0 Å². The third-order valence-electron chi connectivity index (χ3n) is 1.98. The Morgan fingerprint density at radius 3 is 2.38 bits per heavy atom. The first-order valence-electron chi connectivity index (χ1n) is 3.81. The Balaban J connectivity index is 2.85. The molecule has 2 unspecified atom stereocenters. The molecule has 0 heterocycles. The molecule has 0 N–H and O–H groups in total. The van der Waals surface area contributed by atoms with Crippen molar-refractivity contribution in [3.8, 4) is 0 Å². The van der Waals surface area contributed by atoms with Gasteiger partial charge in [-0.1, -0.05) is 25.2 Å². The van der Waals surface area contributed by atoms with E-state index in [9.17, 15) is 9.59 Å². The third kappa shape index (κ3) is 2.42. The molecule has 0 fully saturated rings. The lowest BCUT2D eigenvalue weighted by Crippen LogP contribution is -2.17. The van der Waals surface area contributed by atoms with Crippen molar-refractivity contribution in [2.45, 2.75) is 6.92 Å². The zero-order valence-electron chi connectivity index (χ0n) is 6.96. The van der Waals surface area contributed by atoms with E-state index in [4.69, 9.17) is 23.2 Å². The molecule has 2 nitrogen and oxygen atoms in total. The Labute approximate surface area is 86.2 Å². The van der Waals surface area contributed by atoms with Crippen LogP contribution in [0, 0.1) is 11.8 Å². The SMILES string of the molecule is CC1C=C(C(=O)Cl)C=CC1C(=O)Cl. The van der Waals surface area contributed by atoms with Gasteiger partial charge in [0, 0.05) is 5.57 Å². The highest BCUT2D eigenvalue weighted by Gasteiger charge is 2.23. The zero-order valence-corrected chi connectivity index (χ0v) is 8.47. The molecule has 0 spiro atoms. The van der Waals surface area contributed by atoms with Gasteiger partial charge in [-0.3, -0.25) is 9.59 Å². The molecule has 0 saturated heterocycles. The summed E-state index contributed by atoms with van der Waals surface area (Å²) in [5.41, 5.74) is 0.420. The second-order valence-electron chi connectivity index (χ2n) is 2.94. The van der Waals surface area contributed by atoms with Crippen molar-refractivity contribution in [1.29, 1.82) is 0 Å². The van der Waals surface area contributed by atoms with E-state index in [1.54, 1.807) is 12.2 Å². The van der Waals surface area contributed by atoms with Crippen LogP contribution in [0.1, 0.15) is 6.92 Å². The van der Waals surface area contributed by atoms with Gasteiger partial charge in [-0.2, -0.15) is 0 Å². The predicted molar refractivity (Wildman–Crippen MR) is 51.6 cm³/mol. The largest absolute Gasteiger partial charge is 0.281 e. The maximum atomic E-state index is 10.9. The molecule has 0 aromatic rings. The van der Waals surface area contributed by atoms with Crippen LogP contribution in [0.25, 0.3) is 0 Å². The zero-order chi connectivity index (χ0) is 10.0. The van der Waals surface area contributed by atoms with E-state index in [2.05, 4.69) is 0 Å². The minimum atomic E-state index is -0.511. The molecule has 0 saturated carbocycles. The summed E-state index contributed by atoms with van der Waals surface area (Å²) in [4.78, 5) is 21.6. The highest BCUT2D eigenvalue weighted by atomic mass is 35.5. The molecular formula is C9H8Cl2O2. The van der Waals surface area contributed by atoms with Crippen molar-refractivity contribution < 1.29 is 9.59 Å². The van der Waals surface area contributed by atoms with E-state index in [-0.39, 0.29) is 11.8 Å². The van der Waals surface area contributed by atoms with Crippen molar-refractivity contribution in [3.05, 3.63) is 23.8 Å². The van der Waals surface area contributed by atoms with Gasteiger partial charge in [0.2, 0.25) is 5.24 Å². The van der Waals surface area contributed by atoms with Crippen molar-refractivity contribution in [2.75, 3.05) is 0 Å². The van der Waals surface area contributed by atoms with Gasteiger partial charge in [0.15, 0.2) is 0 Å². The average molecular weight is 219 g/mol. The molecule has 2 atom stereocenters. The first-order chi connectivity index (χ1) is 6.02. The molecule has 1 aliphatic carbocycles. The molecule has 0 amide bonds. The van der Waals surface area contributed by atoms with Crippen LogP contribution in [-0.4, -0.2) is 10.5 Å². The van der Waals surface area contributed by atoms with Gasteiger partial charge in [-0.25, -0.2) is 0 Å². The Morgan fingerprint density at radius 1 is 1.38 bits per heavy atom. The number of carbonyl (C=O) groups excluding carboxylic acids is 2. The number of rotatable bonds is 2. The molecule has 70 valence electrons. The van der Waals surface area contributed by atoms with E-state index in [0.29, 0.717) is 5.57 Å². The van der Waals surface area contributed by atoms with Crippen LogP contribution in [0.5, 0.6) is 0 Å². The maximum absolute atomic E-state index is 10.9. The Hall–Kier alpha value is -0.600. The monoisotopic (exact) mass is 218 g/mol. The van der Waals surface area contributed by atoms with Gasteiger partial charge >= 0.3 is 0 Å². The number of allylic oxidation sites excluding steroid dienone is 4. The van der Waals surface area contributed by atoms with Gasteiger partial charge in [-0.15, -0.1) is 0 Å². The number of hydrogen-bond acceptors (Lipinski definition) is 2. The summed E-state index contributed by atoms with van der Waals surface area (Å²) in [6.45, 7) is 1.81. The van der Waals surface area contributed by atoms with Gasteiger partial charge in [0.1, 0.15) is 0 Å². The molecule has 1 aliphatic rings. The Morgan fingerprint density at radius 2 is 2.00 bits per heavy atom. The molecule has 1 rings (SSSR count). The van der Waals surface area contributed by atoms with Crippen molar-refractivity contribution in [1.82, 2.24) is 0 Å². The first-order valence-corrected chi connectivity index (χ1v) is 4.57. The van der Waals surface area contributed by atoms with Crippen molar-refractivity contribution in [3.63, 3.8) is 0 Å². The van der Waals surface area contributed by atoms with Crippen LogP contribution in [0.15, 0.2) is 23.8 Å². The minimum absolute atomic E-state index is 0.0762. The van der Waals surface area contributed by atoms with Crippen LogP contribution >= 0.6 is 23.2 Å². The summed E-state index contributed by atoms with van der Waals surface area (Å²) in [5, 5.41) is -0.926. The van der Waals surface area contributed by atoms with Gasteiger partial charge in [0.25, 0.3) is 5.24 Å². The average Bonchev–Trinajstić information content (AvgIpc) is 2.03. The number of hydrogen-bond donors (Lipinski definition) is 0. The van der Waals surface area contributed by atoms with Crippen LogP contribution in [-0.2, 0) is 9.59 Å². The lowest BCUT2D eigenvalue weighted by Gasteiger charge is -2.17. The van der Waals surface area contributed by atoms with Crippen LogP contribution in [0.4, 0.5) is 0 Å². The second-order valence-corrected chi connectivity index (χ2v) is 3.66. The maximum Gasteiger partial charge on any atom is 0.252 e. The van der Waals surface area contributed by atoms with Crippen LogP contribution < -0.4 is 0 Å². The van der Waals surface area contributed by atoms with E-state index >= 15 is 0 Å². The normalized spacial score (nSPS) is 26.8. The smallest absolute Gasteiger partial charge is 0.252 e. The quantitative estimate of drug-likeness (QED) is 0.667. The summed E-state index contributed by atoms with van der Waals surface area (Å²) in [6, 6.07) is 0. The van der Waals surface area contributed by atoms with E-state index in [1.807, 2.05) is 6.92 Å². The minimum Gasteiger partial charge on any atom is -0.281 e. The van der Waals surface area contributed by atoms with E-state index in [1.165, 1.54) is 6.08 Å². The summed E-state index contributed by atoms with van der Waals surface area (Å²) < 4.78 is 0. The molecule has 4 heteroatoms. The Kier molecular flexibility index (Phi) is 3.28. The molecule has 0 aliphatic heterocycles. The molecular weight excluding hydrogens is 211 g/mol. The predicted octanol–water partition coefficient (Wildman–Crippen LogP) is 2.27. The number of carbonyl (C=O) groups is 2. The first kappa shape index (κ1) is 10.5. The Bertz CT molecular complexity index is 305. The molecule has 0 aromatic heterocycles. The summed E-state index contributed by atoms with van der Waals surface area (Å²) >= 11 is 10.6. The fourth-order valence-corrected chi connectivity index (χ4v) is 1.64. The summed E-state index contributed by atoms with van der Waals surface area (Å²) in [5.74, 6) is -0.422. The molecule has 13 heavy (non-hydrogen) atoms. The third-order valence-corrected chi connectivity index (χ3v) is 2.45. The summed E-state index contributed by atoms with van der Waals surface area (Å²) in [6.07, 6.45) is 4.79. The summed E-state index contributed by atoms with van der Waals surface area (Å²) in [7, 11) is 0. The van der Waals surface area contributed by atoms with E-state index in [0.717, 1.165) is 0 Å². The lowest BCUT2D eigenvalue weighted by molar-refractivity contribution is -0.114. The second kappa shape index (κ2) is 4.07. The lowest BCUT2D eigenvalue weighted by atomic mass is 9.88. The molecule has 0 radical (unpaired) electrons. The van der Waals surface area contributed by atoms with Crippen molar-refractivity contribution >= 4 is 33.7 Å². The van der Waals surface area contributed by atoms with E-state index < -0.39 is 10.5 Å². The number of halogens is 2. The molecule has 0 bridgehead atoms. The highest BCUT2D eigenvalue weighted by Crippen LogP contribution is 2.25. The van der Waals surface area contributed by atoms with Gasteiger partial charge in [-0.05, 0) is 29.1 Å². The molecule has 0 aromatic carbocycles. The highest BCUT2D eigenvalue weighted by molar-refractivity contribution is 6.68. The topological polar surface area (TPSA) is 34.1 Å². The van der Waals surface area contributed by atoms with Crippen molar-refractivity contribution in [2.24, 2.45) is 11.8 Å². The van der Waals surface area contributed by atoms with Crippen LogP contribution in [0.3, 0.4) is 0 Å². The van der Waals surface area contributed by atoms with Gasteiger partial charge < -0.3 is 0 Å². The standard InChI is InChI=1S/C9H8Cl2O2/c1-5-4-6(8(10)12)2-3-7(5)9(11)13/h2-5,7H,1H3. The van der Waals surface area contributed by atoms with Gasteiger partial charge in [0.05, 0.1) is 5.92 Å². The fourth-order valence-electron chi connectivity index (χ4n) is 1.24. The fraction of sp³-hybridized carbons (Fsp3) is 0.333.